The molecule has 0 bridgehead atoms. The molecule has 1 atom stereocenters. The maximum atomic E-state index is 12.6. The fourth-order valence-corrected chi connectivity index (χ4v) is 2.76. The topological polar surface area (TPSA) is 93.3 Å². The summed E-state index contributed by atoms with van der Waals surface area (Å²) in [7, 11) is 1.67. The molecule has 1 amide bonds. The van der Waals surface area contributed by atoms with E-state index in [2.05, 4.69) is 26.1 Å². The lowest BCUT2D eigenvalue weighted by Crippen LogP contribution is -2.34. The van der Waals surface area contributed by atoms with Crippen molar-refractivity contribution in [1.82, 2.24) is 24.5 Å². The molecular formula is C14H18BrN5O3. The van der Waals surface area contributed by atoms with Crippen LogP contribution in [0.25, 0.3) is 0 Å². The highest BCUT2D eigenvalue weighted by Crippen LogP contribution is 2.19. The quantitative estimate of drug-likeness (QED) is 0.820. The lowest BCUT2D eigenvalue weighted by atomic mass is 10.2. The number of aromatic carboxylic acids is 1. The van der Waals surface area contributed by atoms with Crippen LogP contribution < -0.4 is 0 Å². The molecule has 1 unspecified atom stereocenters. The smallest absolute Gasteiger partial charge is 0.354 e. The van der Waals surface area contributed by atoms with Crippen LogP contribution in [0.1, 0.15) is 36.1 Å². The lowest BCUT2D eigenvalue weighted by molar-refractivity contribution is -0.133. The molecule has 2 aromatic heterocycles. The number of carbonyl (C=O) groups excluding carboxylic acids is 1. The normalized spacial score (nSPS) is 12.2. The highest BCUT2D eigenvalue weighted by Gasteiger charge is 2.25. The second-order valence-corrected chi connectivity index (χ2v) is 5.95. The molecule has 0 aliphatic rings. The van der Waals surface area contributed by atoms with Gasteiger partial charge in [0.2, 0.25) is 5.91 Å². The zero-order valence-corrected chi connectivity index (χ0v) is 14.7. The minimum absolute atomic E-state index is 0.0148. The average Bonchev–Trinajstić information content (AvgIpc) is 3.13. The van der Waals surface area contributed by atoms with E-state index in [0.29, 0.717) is 13.1 Å². The fourth-order valence-electron chi connectivity index (χ4n) is 2.34. The van der Waals surface area contributed by atoms with Gasteiger partial charge in [0, 0.05) is 19.8 Å². The molecule has 9 heteroatoms. The molecule has 0 spiro atoms. The van der Waals surface area contributed by atoms with Crippen LogP contribution in [0, 0.1) is 0 Å². The second kappa shape index (κ2) is 6.95. The van der Waals surface area contributed by atoms with Crippen molar-refractivity contribution in [3.05, 3.63) is 34.3 Å². The summed E-state index contributed by atoms with van der Waals surface area (Å²) in [5, 5.41) is 17.3. The number of carbonyl (C=O) groups is 2. The predicted molar refractivity (Wildman–Crippen MR) is 86.0 cm³/mol. The zero-order chi connectivity index (χ0) is 17.1. The van der Waals surface area contributed by atoms with E-state index in [9.17, 15) is 9.59 Å². The van der Waals surface area contributed by atoms with E-state index in [4.69, 9.17) is 5.11 Å². The Kier molecular flexibility index (Phi) is 5.19. The number of aromatic nitrogens is 4. The van der Waals surface area contributed by atoms with Gasteiger partial charge in [-0.15, -0.1) is 0 Å². The molecule has 23 heavy (non-hydrogen) atoms. The third-order valence-electron chi connectivity index (χ3n) is 3.57. The molecule has 124 valence electrons. The summed E-state index contributed by atoms with van der Waals surface area (Å²) in [4.78, 5) is 25.3. The van der Waals surface area contributed by atoms with E-state index in [1.807, 2.05) is 6.92 Å². The predicted octanol–water partition coefficient (Wildman–Crippen LogP) is 1.78. The third kappa shape index (κ3) is 3.44. The number of aryl methyl sites for hydroxylation is 1. The molecular weight excluding hydrogens is 366 g/mol. The van der Waals surface area contributed by atoms with Crippen LogP contribution in [0.4, 0.5) is 0 Å². The largest absolute Gasteiger partial charge is 0.477 e. The van der Waals surface area contributed by atoms with Crippen molar-refractivity contribution in [3.8, 4) is 0 Å². The van der Waals surface area contributed by atoms with Crippen molar-refractivity contribution >= 4 is 27.8 Å². The summed E-state index contributed by atoms with van der Waals surface area (Å²) in [6, 6.07) is 0.660. The summed E-state index contributed by atoms with van der Waals surface area (Å²) in [5.74, 6) is -1.34. The molecule has 0 aliphatic carbocycles. The van der Waals surface area contributed by atoms with Gasteiger partial charge >= 0.3 is 5.97 Å². The van der Waals surface area contributed by atoms with Gasteiger partial charge < -0.3 is 10.0 Å². The molecule has 0 aliphatic heterocycles. The Morgan fingerprint density at radius 3 is 2.74 bits per heavy atom. The Bertz CT molecular complexity index is 724. The highest BCUT2D eigenvalue weighted by molar-refractivity contribution is 9.10. The van der Waals surface area contributed by atoms with E-state index in [0.717, 1.165) is 10.2 Å². The maximum Gasteiger partial charge on any atom is 0.354 e. The van der Waals surface area contributed by atoms with Crippen LogP contribution in [0.2, 0.25) is 0 Å². The number of carboxylic acid groups (broad SMARTS) is 1. The molecule has 0 radical (unpaired) electrons. The van der Waals surface area contributed by atoms with Crippen LogP contribution in [-0.4, -0.2) is 48.5 Å². The van der Waals surface area contributed by atoms with Crippen LogP contribution in [0.15, 0.2) is 22.9 Å². The summed E-state index contributed by atoms with van der Waals surface area (Å²) < 4.78 is 3.85. The van der Waals surface area contributed by atoms with Crippen LogP contribution in [0.3, 0.4) is 0 Å². The van der Waals surface area contributed by atoms with Gasteiger partial charge in [0.15, 0.2) is 0 Å². The molecule has 8 nitrogen and oxygen atoms in total. The van der Waals surface area contributed by atoms with Crippen molar-refractivity contribution in [2.24, 2.45) is 0 Å². The molecule has 0 aromatic carbocycles. The number of rotatable bonds is 6. The first-order chi connectivity index (χ1) is 10.9. The van der Waals surface area contributed by atoms with Gasteiger partial charge in [-0.3, -0.25) is 9.48 Å². The molecule has 0 saturated heterocycles. The van der Waals surface area contributed by atoms with Gasteiger partial charge in [0.25, 0.3) is 0 Å². The Hall–Kier alpha value is -2.16. The zero-order valence-electron chi connectivity index (χ0n) is 13.1. The first-order valence-electron chi connectivity index (χ1n) is 7.08. The summed E-state index contributed by atoms with van der Waals surface area (Å²) >= 11 is 3.43. The highest BCUT2D eigenvalue weighted by atomic mass is 79.9. The first-order valence-corrected chi connectivity index (χ1v) is 7.88. The summed E-state index contributed by atoms with van der Waals surface area (Å²) in [6.07, 6.45) is 3.06. The van der Waals surface area contributed by atoms with E-state index in [1.54, 1.807) is 24.9 Å². The van der Waals surface area contributed by atoms with E-state index in [-0.39, 0.29) is 11.6 Å². The van der Waals surface area contributed by atoms with Crippen molar-refractivity contribution in [1.29, 1.82) is 0 Å². The van der Waals surface area contributed by atoms with Crippen molar-refractivity contribution in [2.45, 2.75) is 33.0 Å². The summed E-state index contributed by atoms with van der Waals surface area (Å²) in [6.45, 7) is 4.66. The number of hydrogen-bond donors (Lipinski definition) is 1. The van der Waals surface area contributed by atoms with E-state index in [1.165, 1.54) is 21.8 Å². The molecule has 2 heterocycles. The SMILES string of the molecule is CCn1ncc(Br)c1CN(C)C(=O)C(C)n1nccc1C(=O)O. The van der Waals surface area contributed by atoms with Crippen LogP contribution in [-0.2, 0) is 17.9 Å². The standard InChI is InChI=1S/C14H18BrN5O3/c1-4-19-12(10(15)7-17-19)8-18(3)13(21)9(2)20-11(14(22)23)5-6-16-20/h5-7,9H,4,8H2,1-3H3,(H,22,23). The Labute approximate surface area is 141 Å². The minimum atomic E-state index is -1.11. The van der Waals surface area contributed by atoms with E-state index >= 15 is 0 Å². The lowest BCUT2D eigenvalue weighted by Gasteiger charge is -2.22. The second-order valence-electron chi connectivity index (χ2n) is 5.09. The molecule has 2 rings (SSSR count). The van der Waals surface area contributed by atoms with Crippen LogP contribution in [0.5, 0.6) is 0 Å². The van der Waals surface area contributed by atoms with Gasteiger partial charge in [-0.1, -0.05) is 0 Å². The molecule has 0 fully saturated rings. The Balaban J connectivity index is 2.17. The Morgan fingerprint density at radius 2 is 2.13 bits per heavy atom. The number of nitrogens with zero attached hydrogens (tertiary/aromatic N) is 5. The number of hydrogen-bond acceptors (Lipinski definition) is 4. The van der Waals surface area contributed by atoms with Gasteiger partial charge in [-0.2, -0.15) is 10.2 Å². The maximum absolute atomic E-state index is 12.6. The Morgan fingerprint density at radius 1 is 1.43 bits per heavy atom. The average molecular weight is 384 g/mol. The van der Waals surface area contributed by atoms with E-state index < -0.39 is 12.0 Å². The monoisotopic (exact) mass is 383 g/mol. The van der Waals surface area contributed by atoms with Crippen LogP contribution >= 0.6 is 15.9 Å². The number of amides is 1. The minimum Gasteiger partial charge on any atom is -0.477 e. The van der Waals surface area contributed by atoms with Crippen molar-refractivity contribution in [3.63, 3.8) is 0 Å². The summed E-state index contributed by atoms with van der Waals surface area (Å²) in [5.41, 5.74) is 0.869. The number of carboxylic acids is 1. The fraction of sp³-hybridized carbons (Fsp3) is 0.429. The van der Waals surface area contributed by atoms with Gasteiger partial charge in [-0.25, -0.2) is 9.48 Å². The number of likely N-dealkylation sites (N-methyl/N-ethyl adjacent to an activating group) is 1. The van der Waals surface area contributed by atoms with Crippen molar-refractivity contribution in [2.75, 3.05) is 7.05 Å². The number of halogens is 1. The third-order valence-corrected chi connectivity index (χ3v) is 4.24. The molecule has 1 N–H and O–H groups in total. The van der Waals surface area contributed by atoms with Gasteiger partial charge in [-0.05, 0) is 35.8 Å². The van der Waals surface area contributed by atoms with Gasteiger partial charge in [0.05, 0.1) is 22.9 Å². The van der Waals surface area contributed by atoms with Crippen molar-refractivity contribution < 1.29 is 14.7 Å². The molecule has 0 saturated carbocycles. The van der Waals surface area contributed by atoms with Gasteiger partial charge in [0.1, 0.15) is 11.7 Å². The molecule has 2 aromatic rings. The first kappa shape index (κ1) is 17.2.